The van der Waals surface area contributed by atoms with Crippen LogP contribution in [0.25, 0.3) is 0 Å². The average molecular weight is 178 g/mol. The van der Waals surface area contributed by atoms with Crippen molar-refractivity contribution in [2.24, 2.45) is 11.1 Å². The van der Waals surface area contributed by atoms with Gasteiger partial charge in [0.25, 0.3) is 0 Å². The molecule has 13 heavy (non-hydrogen) atoms. The van der Waals surface area contributed by atoms with Crippen molar-refractivity contribution in [1.29, 1.82) is 0 Å². The van der Waals surface area contributed by atoms with Crippen molar-refractivity contribution in [3.05, 3.63) is 29.6 Å². The number of hydrogen-bond acceptors (Lipinski definition) is 2. The molecule has 0 aliphatic carbocycles. The van der Waals surface area contributed by atoms with Gasteiger partial charge in [0.2, 0.25) is 0 Å². The maximum atomic E-state index is 5.52. The highest BCUT2D eigenvalue weighted by molar-refractivity contribution is 5.17. The fourth-order valence-electron chi connectivity index (χ4n) is 1.36. The minimum absolute atomic E-state index is 0.327. The van der Waals surface area contributed by atoms with Crippen molar-refractivity contribution in [3.8, 4) is 0 Å². The molecule has 1 rings (SSSR count). The molecule has 0 radical (unpaired) electrons. The molecule has 0 spiro atoms. The highest BCUT2D eigenvalue weighted by atomic mass is 14.7. The van der Waals surface area contributed by atoms with Gasteiger partial charge in [-0.05, 0) is 29.5 Å². The Labute approximate surface area is 80.2 Å². The predicted molar refractivity (Wildman–Crippen MR) is 55.3 cm³/mol. The Morgan fingerprint density at radius 3 is 2.62 bits per heavy atom. The lowest BCUT2D eigenvalue weighted by Gasteiger charge is -2.18. The molecular formula is C11H18N2. The summed E-state index contributed by atoms with van der Waals surface area (Å²) in [7, 11) is 0. The normalized spacial score (nSPS) is 11.7. The van der Waals surface area contributed by atoms with Gasteiger partial charge in [0, 0.05) is 12.7 Å². The van der Waals surface area contributed by atoms with Gasteiger partial charge in [-0.25, -0.2) is 0 Å². The second-order valence-corrected chi connectivity index (χ2v) is 4.60. The Hall–Kier alpha value is -0.890. The third kappa shape index (κ3) is 3.55. The summed E-state index contributed by atoms with van der Waals surface area (Å²) in [5.41, 5.74) is 8.14. The van der Waals surface area contributed by atoms with Crippen LogP contribution in [-0.2, 0) is 13.0 Å². The van der Waals surface area contributed by atoms with Crippen molar-refractivity contribution >= 4 is 0 Å². The third-order valence-electron chi connectivity index (χ3n) is 1.82. The van der Waals surface area contributed by atoms with Crippen LogP contribution >= 0.6 is 0 Å². The van der Waals surface area contributed by atoms with E-state index in [9.17, 15) is 0 Å². The van der Waals surface area contributed by atoms with E-state index in [1.54, 1.807) is 0 Å². The molecule has 0 aliphatic rings. The molecule has 1 heterocycles. The van der Waals surface area contributed by atoms with Crippen molar-refractivity contribution in [2.75, 3.05) is 0 Å². The summed E-state index contributed by atoms with van der Waals surface area (Å²) >= 11 is 0. The van der Waals surface area contributed by atoms with Crippen molar-refractivity contribution in [3.63, 3.8) is 0 Å². The van der Waals surface area contributed by atoms with Crippen LogP contribution in [-0.4, -0.2) is 4.98 Å². The fraction of sp³-hybridized carbons (Fsp3) is 0.545. The Balaban J connectivity index is 2.78. The molecule has 2 N–H and O–H groups in total. The smallest absolute Gasteiger partial charge is 0.0542 e. The second kappa shape index (κ2) is 3.88. The van der Waals surface area contributed by atoms with E-state index in [0.717, 1.165) is 12.1 Å². The van der Waals surface area contributed by atoms with E-state index < -0.39 is 0 Å². The molecule has 2 heteroatoms. The summed E-state index contributed by atoms with van der Waals surface area (Å²) in [6, 6.07) is 4.15. The van der Waals surface area contributed by atoms with Gasteiger partial charge in [0.1, 0.15) is 0 Å². The van der Waals surface area contributed by atoms with E-state index in [2.05, 4.69) is 37.9 Å². The van der Waals surface area contributed by atoms with Gasteiger partial charge in [-0.3, -0.25) is 4.98 Å². The van der Waals surface area contributed by atoms with Crippen LogP contribution in [0.1, 0.15) is 32.0 Å². The molecule has 0 atom stereocenters. The number of rotatable bonds is 2. The first-order valence-corrected chi connectivity index (χ1v) is 4.65. The molecule has 0 aromatic carbocycles. The Morgan fingerprint density at radius 1 is 1.38 bits per heavy atom. The summed E-state index contributed by atoms with van der Waals surface area (Å²) in [5, 5.41) is 0. The Bertz CT molecular complexity index is 274. The van der Waals surface area contributed by atoms with E-state index >= 15 is 0 Å². The summed E-state index contributed by atoms with van der Waals surface area (Å²) in [4.78, 5) is 4.16. The van der Waals surface area contributed by atoms with Gasteiger partial charge >= 0.3 is 0 Å². The third-order valence-corrected chi connectivity index (χ3v) is 1.82. The van der Waals surface area contributed by atoms with E-state index in [-0.39, 0.29) is 0 Å². The van der Waals surface area contributed by atoms with Gasteiger partial charge < -0.3 is 5.73 Å². The van der Waals surface area contributed by atoms with Gasteiger partial charge in [-0.2, -0.15) is 0 Å². The first-order valence-electron chi connectivity index (χ1n) is 4.65. The molecular weight excluding hydrogens is 160 g/mol. The maximum Gasteiger partial charge on any atom is 0.0542 e. The molecule has 1 aromatic heterocycles. The molecule has 0 saturated heterocycles. The summed E-state index contributed by atoms with van der Waals surface area (Å²) in [6.45, 7) is 7.22. The van der Waals surface area contributed by atoms with Crippen molar-refractivity contribution in [2.45, 2.75) is 33.7 Å². The van der Waals surface area contributed by atoms with Gasteiger partial charge in [0.05, 0.1) is 5.69 Å². The molecule has 72 valence electrons. The molecule has 0 aliphatic heterocycles. The quantitative estimate of drug-likeness (QED) is 0.753. The van der Waals surface area contributed by atoms with Crippen LogP contribution in [0.15, 0.2) is 18.3 Å². The Kier molecular flexibility index (Phi) is 3.04. The lowest BCUT2D eigenvalue weighted by Crippen LogP contribution is -2.10. The monoisotopic (exact) mass is 178 g/mol. The van der Waals surface area contributed by atoms with Crippen LogP contribution in [0.4, 0.5) is 0 Å². The predicted octanol–water partition coefficient (Wildman–Crippen LogP) is 2.13. The van der Waals surface area contributed by atoms with E-state index in [0.29, 0.717) is 12.0 Å². The van der Waals surface area contributed by atoms with Crippen LogP contribution in [0.2, 0.25) is 0 Å². The summed E-state index contributed by atoms with van der Waals surface area (Å²) in [5.74, 6) is 0. The van der Waals surface area contributed by atoms with Gasteiger partial charge in [-0.1, -0.05) is 20.8 Å². The first kappa shape index (κ1) is 10.2. The van der Waals surface area contributed by atoms with Crippen molar-refractivity contribution in [1.82, 2.24) is 4.98 Å². The van der Waals surface area contributed by atoms with Gasteiger partial charge in [-0.15, -0.1) is 0 Å². The van der Waals surface area contributed by atoms with Crippen LogP contribution in [0.3, 0.4) is 0 Å². The summed E-state index contributed by atoms with van der Waals surface area (Å²) < 4.78 is 0. The zero-order valence-corrected chi connectivity index (χ0v) is 8.67. The molecule has 0 fully saturated rings. The summed E-state index contributed by atoms with van der Waals surface area (Å²) in [6.07, 6.45) is 2.91. The van der Waals surface area contributed by atoms with E-state index in [4.69, 9.17) is 5.73 Å². The number of hydrogen-bond donors (Lipinski definition) is 1. The number of aromatic nitrogens is 1. The topological polar surface area (TPSA) is 38.9 Å². The zero-order valence-electron chi connectivity index (χ0n) is 8.67. The molecule has 2 nitrogen and oxygen atoms in total. The largest absolute Gasteiger partial charge is 0.325 e. The lowest BCUT2D eigenvalue weighted by atomic mass is 9.88. The number of nitrogens with zero attached hydrogens (tertiary/aromatic N) is 1. The maximum absolute atomic E-state index is 5.52. The first-order chi connectivity index (χ1) is 6.01. The molecule has 0 saturated carbocycles. The molecule has 0 unspecified atom stereocenters. The zero-order chi connectivity index (χ0) is 9.90. The van der Waals surface area contributed by atoms with E-state index in [1.165, 1.54) is 5.56 Å². The highest BCUT2D eigenvalue weighted by Crippen LogP contribution is 2.20. The standard InChI is InChI=1S/C11H18N2/c1-11(2,3)7-9-4-5-13-10(6-9)8-12/h4-6H,7-8,12H2,1-3H3. The van der Waals surface area contributed by atoms with Crippen LogP contribution in [0, 0.1) is 5.41 Å². The average Bonchev–Trinajstić information content (AvgIpc) is 2.01. The Morgan fingerprint density at radius 2 is 2.08 bits per heavy atom. The van der Waals surface area contributed by atoms with Crippen molar-refractivity contribution < 1.29 is 0 Å². The molecule has 0 bridgehead atoms. The minimum atomic E-state index is 0.327. The fourth-order valence-corrected chi connectivity index (χ4v) is 1.36. The van der Waals surface area contributed by atoms with Gasteiger partial charge in [0.15, 0.2) is 0 Å². The molecule has 1 aromatic rings. The minimum Gasteiger partial charge on any atom is -0.325 e. The lowest BCUT2D eigenvalue weighted by molar-refractivity contribution is 0.411. The highest BCUT2D eigenvalue weighted by Gasteiger charge is 2.11. The second-order valence-electron chi connectivity index (χ2n) is 4.60. The SMILES string of the molecule is CC(C)(C)Cc1ccnc(CN)c1. The number of nitrogens with two attached hydrogens (primary N) is 1. The molecule has 0 amide bonds. The number of pyridine rings is 1. The van der Waals surface area contributed by atoms with Crippen LogP contribution < -0.4 is 5.73 Å². The van der Waals surface area contributed by atoms with E-state index in [1.807, 2.05) is 6.20 Å². The van der Waals surface area contributed by atoms with Crippen LogP contribution in [0.5, 0.6) is 0 Å².